The van der Waals surface area contributed by atoms with E-state index in [4.69, 9.17) is 0 Å². The van der Waals surface area contributed by atoms with Crippen LogP contribution in [0.1, 0.15) is 45.3 Å². The summed E-state index contributed by atoms with van der Waals surface area (Å²) < 4.78 is 0. The van der Waals surface area contributed by atoms with Gasteiger partial charge in [0.15, 0.2) is 0 Å². The Labute approximate surface area is 112 Å². The zero-order chi connectivity index (χ0) is 13.4. The van der Waals surface area contributed by atoms with Crippen molar-refractivity contribution in [3.63, 3.8) is 0 Å². The van der Waals surface area contributed by atoms with Crippen LogP contribution in [-0.4, -0.2) is 16.1 Å². The van der Waals surface area contributed by atoms with Gasteiger partial charge in [0.1, 0.15) is 5.69 Å². The lowest BCUT2D eigenvalue weighted by Crippen LogP contribution is -2.27. The van der Waals surface area contributed by atoms with E-state index >= 15 is 0 Å². The van der Waals surface area contributed by atoms with Gasteiger partial charge in [0, 0.05) is 5.69 Å². The molecule has 0 bridgehead atoms. The fourth-order valence-electron chi connectivity index (χ4n) is 2.66. The first-order valence-corrected chi connectivity index (χ1v) is 6.56. The van der Waals surface area contributed by atoms with Crippen LogP contribution in [0.15, 0.2) is 24.3 Å². The number of amides is 1. The minimum Gasteiger partial charge on any atom is -0.344 e. The Bertz CT molecular complexity index is 630. The van der Waals surface area contributed by atoms with Gasteiger partial charge >= 0.3 is 0 Å². The highest BCUT2D eigenvalue weighted by atomic mass is 16.2. The predicted octanol–water partition coefficient (Wildman–Crippen LogP) is 2.44. The Kier molecular flexibility index (Phi) is 2.85. The van der Waals surface area contributed by atoms with E-state index in [1.165, 1.54) is 16.7 Å². The van der Waals surface area contributed by atoms with Crippen molar-refractivity contribution in [2.45, 2.75) is 32.7 Å². The normalized spacial score (nSPS) is 17.3. The van der Waals surface area contributed by atoms with E-state index in [0.29, 0.717) is 5.69 Å². The van der Waals surface area contributed by atoms with Crippen molar-refractivity contribution in [3.8, 4) is 0 Å². The Balaban J connectivity index is 1.78. The third-order valence-corrected chi connectivity index (χ3v) is 3.62. The molecule has 0 aliphatic heterocycles. The summed E-state index contributed by atoms with van der Waals surface area (Å²) in [4.78, 5) is 12.1. The summed E-state index contributed by atoms with van der Waals surface area (Å²) >= 11 is 0. The SMILES string of the molecule is Cc1ccc2c(c1)CCC2NC(=O)c1cc(C)[nH]n1. The maximum Gasteiger partial charge on any atom is 0.272 e. The molecule has 4 heteroatoms. The number of H-pyrrole nitrogens is 1. The number of aryl methyl sites for hydroxylation is 3. The number of rotatable bonds is 2. The monoisotopic (exact) mass is 255 g/mol. The number of nitrogens with one attached hydrogen (secondary N) is 2. The summed E-state index contributed by atoms with van der Waals surface area (Å²) in [7, 11) is 0. The van der Waals surface area contributed by atoms with Crippen LogP contribution < -0.4 is 5.32 Å². The average molecular weight is 255 g/mol. The number of carbonyl (C=O) groups excluding carboxylic acids is 1. The third kappa shape index (κ3) is 2.26. The van der Waals surface area contributed by atoms with Crippen molar-refractivity contribution in [3.05, 3.63) is 52.3 Å². The second-order valence-electron chi connectivity index (χ2n) is 5.20. The summed E-state index contributed by atoms with van der Waals surface area (Å²) in [5, 5.41) is 9.84. The van der Waals surface area contributed by atoms with Crippen molar-refractivity contribution in [2.75, 3.05) is 0 Å². The smallest absolute Gasteiger partial charge is 0.272 e. The summed E-state index contributed by atoms with van der Waals surface area (Å²) in [5.74, 6) is -0.109. The molecule has 98 valence electrons. The Hall–Kier alpha value is -2.10. The van der Waals surface area contributed by atoms with Gasteiger partial charge in [-0.25, -0.2) is 0 Å². The standard InChI is InChI=1S/C15H17N3O/c1-9-3-5-12-11(7-9)4-6-13(12)16-15(19)14-8-10(2)17-18-14/h3,5,7-8,13H,4,6H2,1-2H3,(H,16,19)(H,17,18). The zero-order valence-corrected chi connectivity index (χ0v) is 11.2. The number of aromatic nitrogens is 2. The third-order valence-electron chi connectivity index (χ3n) is 3.62. The molecule has 1 amide bonds. The number of benzene rings is 1. The molecular formula is C15H17N3O. The molecule has 2 N–H and O–H groups in total. The molecule has 1 aliphatic rings. The highest BCUT2D eigenvalue weighted by molar-refractivity contribution is 5.92. The quantitative estimate of drug-likeness (QED) is 0.866. The van der Waals surface area contributed by atoms with Gasteiger partial charge in [-0.3, -0.25) is 9.89 Å². The summed E-state index contributed by atoms with van der Waals surface area (Å²) in [5.41, 5.74) is 5.22. The number of aromatic amines is 1. The van der Waals surface area contributed by atoms with Gasteiger partial charge in [-0.1, -0.05) is 23.8 Å². The number of nitrogens with zero attached hydrogens (tertiary/aromatic N) is 1. The van der Waals surface area contributed by atoms with E-state index < -0.39 is 0 Å². The largest absolute Gasteiger partial charge is 0.344 e. The van der Waals surface area contributed by atoms with E-state index in [1.54, 1.807) is 6.07 Å². The van der Waals surface area contributed by atoms with Crippen LogP contribution in [-0.2, 0) is 6.42 Å². The second kappa shape index (κ2) is 4.53. The van der Waals surface area contributed by atoms with Crippen LogP contribution in [0.25, 0.3) is 0 Å². The summed E-state index contributed by atoms with van der Waals surface area (Å²) in [6, 6.07) is 8.31. The fourth-order valence-corrected chi connectivity index (χ4v) is 2.66. The van der Waals surface area contributed by atoms with Crippen LogP contribution in [0, 0.1) is 13.8 Å². The molecule has 1 aliphatic carbocycles. The average Bonchev–Trinajstić information content (AvgIpc) is 2.96. The van der Waals surface area contributed by atoms with Crippen LogP contribution in [0.3, 0.4) is 0 Å². The van der Waals surface area contributed by atoms with Crippen LogP contribution in [0.4, 0.5) is 0 Å². The summed E-state index contributed by atoms with van der Waals surface area (Å²) in [6.07, 6.45) is 2.00. The Morgan fingerprint density at radius 2 is 2.21 bits per heavy atom. The topological polar surface area (TPSA) is 57.8 Å². The van der Waals surface area contributed by atoms with Crippen molar-refractivity contribution >= 4 is 5.91 Å². The molecule has 0 saturated carbocycles. The maximum atomic E-state index is 12.1. The van der Waals surface area contributed by atoms with E-state index in [9.17, 15) is 4.79 Å². The molecule has 0 spiro atoms. The fraction of sp³-hybridized carbons (Fsp3) is 0.333. The van der Waals surface area contributed by atoms with Gasteiger partial charge in [-0.2, -0.15) is 5.10 Å². The molecule has 0 saturated heterocycles. The first-order chi connectivity index (χ1) is 9.13. The van der Waals surface area contributed by atoms with E-state index in [-0.39, 0.29) is 11.9 Å². The Morgan fingerprint density at radius 1 is 1.37 bits per heavy atom. The first-order valence-electron chi connectivity index (χ1n) is 6.56. The molecule has 1 heterocycles. The highest BCUT2D eigenvalue weighted by Gasteiger charge is 2.24. The minimum atomic E-state index is -0.109. The molecular weight excluding hydrogens is 238 g/mol. The van der Waals surface area contributed by atoms with Gasteiger partial charge in [0.2, 0.25) is 0 Å². The molecule has 3 rings (SSSR count). The van der Waals surface area contributed by atoms with Gasteiger partial charge in [-0.15, -0.1) is 0 Å². The molecule has 0 fully saturated rings. The Morgan fingerprint density at radius 3 is 2.95 bits per heavy atom. The number of fused-ring (bicyclic) bond motifs is 1. The van der Waals surface area contributed by atoms with Crippen molar-refractivity contribution in [1.29, 1.82) is 0 Å². The zero-order valence-electron chi connectivity index (χ0n) is 11.2. The lowest BCUT2D eigenvalue weighted by Gasteiger charge is -2.13. The van der Waals surface area contributed by atoms with E-state index in [2.05, 4.69) is 40.6 Å². The van der Waals surface area contributed by atoms with Crippen molar-refractivity contribution in [2.24, 2.45) is 0 Å². The number of hydrogen-bond donors (Lipinski definition) is 2. The van der Waals surface area contributed by atoms with E-state index in [1.807, 2.05) is 6.92 Å². The van der Waals surface area contributed by atoms with Crippen LogP contribution in [0.2, 0.25) is 0 Å². The second-order valence-corrected chi connectivity index (χ2v) is 5.20. The molecule has 4 nitrogen and oxygen atoms in total. The molecule has 1 aromatic heterocycles. The lowest BCUT2D eigenvalue weighted by molar-refractivity contribution is 0.0931. The van der Waals surface area contributed by atoms with Gasteiger partial charge in [-0.05, 0) is 43.9 Å². The highest BCUT2D eigenvalue weighted by Crippen LogP contribution is 2.31. The number of hydrogen-bond acceptors (Lipinski definition) is 2. The van der Waals surface area contributed by atoms with Gasteiger partial charge in [0.25, 0.3) is 5.91 Å². The first kappa shape index (κ1) is 12.0. The predicted molar refractivity (Wildman–Crippen MR) is 73.0 cm³/mol. The van der Waals surface area contributed by atoms with Crippen molar-refractivity contribution in [1.82, 2.24) is 15.5 Å². The van der Waals surface area contributed by atoms with Crippen molar-refractivity contribution < 1.29 is 4.79 Å². The van der Waals surface area contributed by atoms with E-state index in [0.717, 1.165) is 18.5 Å². The maximum absolute atomic E-state index is 12.1. The van der Waals surface area contributed by atoms with Crippen LogP contribution >= 0.6 is 0 Å². The molecule has 1 atom stereocenters. The van der Waals surface area contributed by atoms with Crippen LogP contribution in [0.5, 0.6) is 0 Å². The van der Waals surface area contributed by atoms with Gasteiger partial charge < -0.3 is 5.32 Å². The lowest BCUT2D eigenvalue weighted by atomic mass is 10.1. The molecule has 1 aromatic carbocycles. The summed E-state index contributed by atoms with van der Waals surface area (Å²) in [6.45, 7) is 3.98. The van der Waals surface area contributed by atoms with Gasteiger partial charge in [0.05, 0.1) is 6.04 Å². The molecule has 2 aromatic rings. The number of carbonyl (C=O) groups is 1. The molecule has 1 unspecified atom stereocenters. The molecule has 0 radical (unpaired) electrons. The minimum absolute atomic E-state index is 0.109. The molecule has 19 heavy (non-hydrogen) atoms.